The van der Waals surface area contributed by atoms with E-state index in [0.29, 0.717) is 18.7 Å². The van der Waals surface area contributed by atoms with Gasteiger partial charge in [-0.3, -0.25) is 10.1 Å². The van der Waals surface area contributed by atoms with Gasteiger partial charge in [-0.25, -0.2) is 8.78 Å². The molecule has 0 saturated heterocycles. The second-order valence-electron chi connectivity index (χ2n) is 4.28. The molecule has 20 heavy (non-hydrogen) atoms. The SMILES string of the molecule is O=[N+]([O-])c1ccc(CNCc2ccc(F)c(F)c2)cc1. The van der Waals surface area contributed by atoms with Gasteiger partial charge in [0.1, 0.15) is 0 Å². The van der Waals surface area contributed by atoms with Gasteiger partial charge in [0.2, 0.25) is 0 Å². The first-order valence-electron chi connectivity index (χ1n) is 5.94. The van der Waals surface area contributed by atoms with Crippen molar-refractivity contribution < 1.29 is 13.7 Å². The van der Waals surface area contributed by atoms with E-state index in [9.17, 15) is 18.9 Å². The number of non-ortho nitro benzene ring substituents is 1. The molecule has 0 aliphatic carbocycles. The van der Waals surface area contributed by atoms with E-state index in [2.05, 4.69) is 5.32 Å². The molecule has 4 nitrogen and oxygen atoms in total. The van der Waals surface area contributed by atoms with Crippen molar-refractivity contribution in [3.63, 3.8) is 0 Å². The second-order valence-corrected chi connectivity index (χ2v) is 4.28. The molecular formula is C14H12F2N2O2. The van der Waals surface area contributed by atoms with Crippen molar-refractivity contribution >= 4 is 5.69 Å². The van der Waals surface area contributed by atoms with Crippen molar-refractivity contribution in [1.82, 2.24) is 5.32 Å². The molecule has 0 spiro atoms. The normalized spacial score (nSPS) is 10.5. The minimum atomic E-state index is -0.875. The predicted octanol–water partition coefficient (Wildman–Crippen LogP) is 3.16. The van der Waals surface area contributed by atoms with E-state index >= 15 is 0 Å². The molecule has 0 fully saturated rings. The van der Waals surface area contributed by atoms with E-state index in [4.69, 9.17) is 0 Å². The second kappa shape index (κ2) is 6.21. The standard InChI is InChI=1S/C14H12F2N2O2/c15-13-6-3-11(7-14(13)16)9-17-8-10-1-4-12(5-2-10)18(19)20/h1-7,17H,8-9H2. The highest BCUT2D eigenvalue weighted by Gasteiger charge is 2.04. The summed E-state index contributed by atoms with van der Waals surface area (Å²) in [6.07, 6.45) is 0. The molecule has 0 aliphatic rings. The topological polar surface area (TPSA) is 55.2 Å². The van der Waals surface area contributed by atoms with Gasteiger partial charge in [0.25, 0.3) is 5.69 Å². The zero-order chi connectivity index (χ0) is 14.5. The average molecular weight is 278 g/mol. The molecule has 0 saturated carbocycles. The van der Waals surface area contributed by atoms with E-state index < -0.39 is 16.6 Å². The summed E-state index contributed by atoms with van der Waals surface area (Å²) in [6, 6.07) is 9.87. The van der Waals surface area contributed by atoms with Crippen LogP contribution < -0.4 is 5.32 Å². The summed E-state index contributed by atoms with van der Waals surface area (Å²) in [6.45, 7) is 0.866. The molecule has 2 rings (SSSR count). The molecule has 2 aromatic carbocycles. The predicted molar refractivity (Wildman–Crippen MR) is 70.0 cm³/mol. The molecule has 0 bridgehead atoms. The van der Waals surface area contributed by atoms with Gasteiger partial charge in [-0.2, -0.15) is 0 Å². The Hall–Kier alpha value is -2.34. The largest absolute Gasteiger partial charge is 0.309 e. The lowest BCUT2D eigenvalue weighted by atomic mass is 10.2. The Labute approximate surface area is 114 Å². The maximum absolute atomic E-state index is 13.0. The molecule has 0 atom stereocenters. The minimum absolute atomic E-state index is 0.0364. The number of rotatable bonds is 5. The molecule has 0 aromatic heterocycles. The summed E-state index contributed by atoms with van der Waals surface area (Å²) >= 11 is 0. The molecule has 0 heterocycles. The van der Waals surface area contributed by atoms with Crippen LogP contribution in [0.5, 0.6) is 0 Å². The van der Waals surface area contributed by atoms with Crippen LogP contribution in [-0.4, -0.2) is 4.92 Å². The Balaban J connectivity index is 1.89. The van der Waals surface area contributed by atoms with Crippen LogP contribution >= 0.6 is 0 Å². The summed E-state index contributed by atoms with van der Waals surface area (Å²) in [5, 5.41) is 13.5. The van der Waals surface area contributed by atoms with Crippen molar-refractivity contribution in [2.45, 2.75) is 13.1 Å². The number of benzene rings is 2. The zero-order valence-corrected chi connectivity index (χ0v) is 10.5. The summed E-state index contributed by atoms with van der Waals surface area (Å²) in [5.74, 6) is -1.75. The first kappa shape index (κ1) is 14.1. The van der Waals surface area contributed by atoms with Crippen LogP contribution in [-0.2, 0) is 13.1 Å². The van der Waals surface area contributed by atoms with Gasteiger partial charge in [-0.05, 0) is 23.3 Å². The Morgan fingerprint density at radius 2 is 1.55 bits per heavy atom. The fourth-order valence-electron chi connectivity index (χ4n) is 1.74. The van der Waals surface area contributed by atoms with Crippen LogP contribution in [0.2, 0.25) is 0 Å². The average Bonchev–Trinajstić information content (AvgIpc) is 2.43. The highest BCUT2D eigenvalue weighted by molar-refractivity contribution is 5.32. The molecule has 6 heteroatoms. The van der Waals surface area contributed by atoms with E-state index in [-0.39, 0.29) is 5.69 Å². The highest BCUT2D eigenvalue weighted by atomic mass is 19.2. The van der Waals surface area contributed by atoms with Gasteiger partial charge in [0.05, 0.1) is 4.92 Å². The molecule has 1 N–H and O–H groups in total. The van der Waals surface area contributed by atoms with Gasteiger partial charge in [0, 0.05) is 25.2 Å². The maximum atomic E-state index is 13.0. The van der Waals surface area contributed by atoms with Gasteiger partial charge in [0.15, 0.2) is 11.6 Å². The minimum Gasteiger partial charge on any atom is -0.309 e. The van der Waals surface area contributed by atoms with Crippen molar-refractivity contribution in [3.8, 4) is 0 Å². The number of halogens is 2. The number of nitro groups is 1. The van der Waals surface area contributed by atoms with Crippen LogP contribution in [0.1, 0.15) is 11.1 Å². The van der Waals surface area contributed by atoms with Crippen LogP contribution in [0.25, 0.3) is 0 Å². The molecule has 0 amide bonds. The van der Waals surface area contributed by atoms with Crippen LogP contribution in [0.3, 0.4) is 0 Å². The first-order chi connectivity index (χ1) is 9.56. The summed E-state index contributed by atoms with van der Waals surface area (Å²) in [4.78, 5) is 10.0. The third-order valence-corrected chi connectivity index (χ3v) is 2.79. The molecule has 104 valence electrons. The van der Waals surface area contributed by atoms with E-state index in [1.165, 1.54) is 18.2 Å². The Kier molecular flexibility index (Phi) is 4.37. The third-order valence-electron chi connectivity index (χ3n) is 2.79. The fourth-order valence-corrected chi connectivity index (χ4v) is 1.74. The van der Waals surface area contributed by atoms with Gasteiger partial charge in [-0.1, -0.05) is 18.2 Å². The van der Waals surface area contributed by atoms with E-state index in [1.807, 2.05) is 0 Å². The Bertz CT molecular complexity index is 615. The number of hydrogen-bond donors (Lipinski definition) is 1. The summed E-state index contributed by atoms with van der Waals surface area (Å²) in [5.41, 5.74) is 1.54. The fraction of sp³-hybridized carbons (Fsp3) is 0.143. The summed E-state index contributed by atoms with van der Waals surface area (Å²) in [7, 11) is 0. The van der Waals surface area contributed by atoms with Gasteiger partial charge < -0.3 is 5.32 Å². The smallest absolute Gasteiger partial charge is 0.269 e. The zero-order valence-electron chi connectivity index (χ0n) is 10.5. The first-order valence-corrected chi connectivity index (χ1v) is 5.94. The summed E-state index contributed by atoms with van der Waals surface area (Å²) < 4.78 is 25.7. The number of nitrogens with zero attached hydrogens (tertiary/aromatic N) is 1. The lowest BCUT2D eigenvalue weighted by Gasteiger charge is -2.05. The monoisotopic (exact) mass is 278 g/mol. The van der Waals surface area contributed by atoms with Crippen LogP contribution in [0.4, 0.5) is 14.5 Å². The maximum Gasteiger partial charge on any atom is 0.269 e. The van der Waals surface area contributed by atoms with E-state index in [1.54, 1.807) is 12.1 Å². The number of hydrogen-bond acceptors (Lipinski definition) is 3. The molecule has 2 aromatic rings. The molecule has 0 unspecified atom stereocenters. The number of nitro benzene ring substituents is 1. The van der Waals surface area contributed by atoms with E-state index in [0.717, 1.165) is 17.7 Å². The van der Waals surface area contributed by atoms with Gasteiger partial charge >= 0.3 is 0 Å². The molecule has 0 aliphatic heterocycles. The number of nitrogens with one attached hydrogen (secondary N) is 1. The van der Waals surface area contributed by atoms with Crippen molar-refractivity contribution in [2.75, 3.05) is 0 Å². The Morgan fingerprint density at radius 3 is 2.15 bits per heavy atom. The molecular weight excluding hydrogens is 266 g/mol. The van der Waals surface area contributed by atoms with Crippen molar-refractivity contribution in [1.29, 1.82) is 0 Å². The van der Waals surface area contributed by atoms with Crippen molar-refractivity contribution in [2.24, 2.45) is 0 Å². The lowest BCUT2D eigenvalue weighted by Crippen LogP contribution is -2.12. The highest BCUT2D eigenvalue weighted by Crippen LogP contribution is 2.12. The quantitative estimate of drug-likeness (QED) is 0.675. The lowest BCUT2D eigenvalue weighted by molar-refractivity contribution is -0.384. The van der Waals surface area contributed by atoms with Crippen molar-refractivity contribution in [3.05, 3.63) is 75.3 Å². The van der Waals surface area contributed by atoms with Crippen LogP contribution in [0.15, 0.2) is 42.5 Å². The molecule has 0 radical (unpaired) electrons. The van der Waals surface area contributed by atoms with Gasteiger partial charge in [-0.15, -0.1) is 0 Å². The van der Waals surface area contributed by atoms with Crippen LogP contribution in [0, 0.1) is 21.7 Å². The Morgan fingerprint density at radius 1 is 0.950 bits per heavy atom. The third kappa shape index (κ3) is 3.58.